The number of methoxy groups -OCH3 is 1. The van der Waals surface area contributed by atoms with Gasteiger partial charge in [-0.25, -0.2) is 4.39 Å². The first-order chi connectivity index (χ1) is 12.2. The minimum Gasteiger partial charge on any atom is -0.492 e. The predicted molar refractivity (Wildman–Crippen MR) is 113 cm³/mol. The first kappa shape index (κ1) is 22.2. The summed E-state index contributed by atoms with van der Waals surface area (Å²) in [7, 11) is 3.25. The number of aliphatic imine (C=N–C) groups is 1. The van der Waals surface area contributed by atoms with E-state index >= 15 is 0 Å². The predicted octanol–water partition coefficient (Wildman–Crippen LogP) is 3.33. The highest BCUT2D eigenvalue weighted by molar-refractivity contribution is 14.0. The molecule has 0 saturated carbocycles. The average Bonchev–Trinajstić information content (AvgIpc) is 2.64. The maximum atomic E-state index is 13.6. The number of benzene rings is 2. The highest BCUT2D eigenvalue weighted by atomic mass is 127. The standard InChI is InChI=1S/C19H24FN3O2.HI/c1-21-19(22-10-11-25-17-6-4-3-5-7-17)23-13-15-8-9-18(20)16(12-15)14-24-2;/h3-9,12H,10-11,13-14H2,1-2H3,(H2,21,22,23);1H. The number of nitrogens with zero attached hydrogens (tertiary/aromatic N) is 1. The van der Waals surface area contributed by atoms with Crippen molar-refractivity contribution in [3.05, 3.63) is 65.5 Å². The van der Waals surface area contributed by atoms with Crippen LogP contribution >= 0.6 is 24.0 Å². The molecule has 2 rings (SSSR count). The van der Waals surface area contributed by atoms with Crippen molar-refractivity contribution in [3.63, 3.8) is 0 Å². The molecule has 0 amide bonds. The molecule has 0 fully saturated rings. The van der Waals surface area contributed by atoms with Crippen LogP contribution < -0.4 is 15.4 Å². The summed E-state index contributed by atoms with van der Waals surface area (Å²) in [5.41, 5.74) is 1.50. The Kier molecular flexibility index (Phi) is 10.6. The van der Waals surface area contributed by atoms with Gasteiger partial charge in [0, 0.05) is 26.3 Å². The van der Waals surface area contributed by atoms with Crippen molar-refractivity contribution in [3.8, 4) is 5.75 Å². The van der Waals surface area contributed by atoms with Gasteiger partial charge in [0.15, 0.2) is 5.96 Å². The SMILES string of the molecule is CN=C(NCCOc1ccccc1)NCc1ccc(F)c(COC)c1.I. The highest BCUT2D eigenvalue weighted by Gasteiger charge is 2.04. The Hall–Kier alpha value is -1.87. The Labute approximate surface area is 171 Å². The van der Waals surface area contributed by atoms with Crippen LogP contribution in [0.15, 0.2) is 53.5 Å². The molecule has 0 spiro atoms. The van der Waals surface area contributed by atoms with E-state index in [1.54, 1.807) is 26.3 Å². The molecule has 2 N–H and O–H groups in total. The molecule has 0 aromatic heterocycles. The van der Waals surface area contributed by atoms with Crippen LogP contribution in [0.3, 0.4) is 0 Å². The third-order valence-electron chi connectivity index (χ3n) is 3.50. The van der Waals surface area contributed by atoms with E-state index in [1.807, 2.05) is 30.3 Å². The fourth-order valence-corrected chi connectivity index (χ4v) is 2.27. The van der Waals surface area contributed by atoms with E-state index in [1.165, 1.54) is 6.07 Å². The number of hydrogen-bond acceptors (Lipinski definition) is 3. The molecule has 2 aromatic rings. The van der Waals surface area contributed by atoms with Crippen molar-refractivity contribution in [2.75, 3.05) is 27.3 Å². The molecule has 0 unspecified atom stereocenters. The summed E-state index contributed by atoms with van der Waals surface area (Å²) in [5, 5.41) is 6.37. The lowest BCUT2D eigenvalue weighted by molar-refractivity contribution is 0.181. The van der Waals surface area contributed by atoms with Crippen LogP contribution in [0.2, 0.25) is 0 Å². The van der Waals surface area contributed by atoms with Crippen molar-refractivity contribution in [2.45, 2.75) is 13.2 Å². The van der Waals surface area contributed by atoms with Crippen molar-refractivity contribution in [2.24, 2.45) is 4.99 Å². The van der Waals surface area contributed by atoms with E-state index in [0.29, 0.717) is 31.2 Å². The average molecular weight is 473 g/mol. The molecule has 0 atom stereocenters. The van der Waals surface area contributed by atoms with Crippen molar-refractivity contribution in [1.82, 2.24) is 10.6 Å². The summed E-state index contributed by atoms with van der Waals surface area (Å²) >= 11 is 0. The van der Waals surface area contributed by atoms with Gasteiger partial charge in [-0.2, -0.15) is 0 Å². The van der Waals surface area contributed by atoms with Crippen LogP contribution in [0.4, 0.5) is 4.39 Å². The Morgan fingerprint density at radius 2 is 1.88 bits per heavy atom. The Morgan fingerprint density at radius 3 is 2.58 bits per heavy atom. The van der Waals surface area contributed by atoms with Gasteiger partial charge in [0.05, 0.1) is 13.2 Å². The third-order valence-corrected chi connectivity index (χ3v) is 3.50. The molecule has 0 aliphatic heterocycles. The maximum absolute atomic E-state index is 13.6. The number of ether oxygens (including phenoxy) is 2. The van der Waals surface area contributed by atoms with Gasteiger partial charge in [0.2, 0.25) is 0 Å². The summed E-state index contributed by atoms with van der Waals surface area (Å²) in [6.07, 6.45) is 0. The number of guanidine groups is 1. The molecular formula is C19H25FIN3O2. The Morgan fingerprint density at radius 1 is 1.12 bits per heavy atom. The van der Waals surface area contributed by atoms with E-state index in [-0.39, 0.29) is 36.4 Å². The summed E-state index contributed by atoms with van der Waals surface area (Å²) in [4.78, 5) is 4.16. The number of rotatable bonds is 8. The minimum absolute atomic E-state index is 0. The summed E-state index contributed by atoms with van der Waals surface area (Å²) in [5.74, 6) is 1.24. The molecule has 0 heterocycles. The molecule has 0 aliphatic carbocycles. The zero-order valence-electron chi connectivity index (χ0n) is 15.0. The van der Waals surface area contributed by atoms with Crippen LogP contribution in [0.1, 0.15) is 11.1 Å². The molecule has 0 bridgehead atoms. The molecule has 0 aliphatic rings. The van der Waals surface area contributed by atoms with E-state index in [4.69, 9.17) is 9.47 Å². The maximum Gasteiger partial charge on any atom is 0.191 e. The van der Waals surface area contributed by atoms with Crippen molar-refractivity contribution >= 4 is 29.9 Å². The lowest BCUT2D eigenvalue weighted by atomic mass is 10.1. The summed E-state index contributed by atoms with van der Waals surface area (Å²) in [6.45, 7) is 1.94. The summed E-state index contributed by atoms with van der Waals surface area (Å²) in [6, 6.07) is 14.6. The quantitative estimate of drug-likeness (QED) is 0.267. The monoisotopic (exact) mass is 473 g/mol. The van der Waals surface area contributed by atoms with Crippen LogP contribution in [0, 0.1) is 5.82 Å². The lowest BCUT2D eigenvalue weighted by Crippen LogP contribution is -2.38. The zero-order chi connectivity index (χ0) is 17.9. The fourth-order valence-electron chi connectivity index (χ4n) is 2.27. The zero-order valence-corrected chi connectivity index (χ0v) is 17.3. The normalized spacial score (nSPS) is 10.8. The molecule has 5 nitrogen and oxygen atoms in total. The van der Waals surface area contributed by atoms with Crippen LogP contribution in [0.25, 0.3) is 0 Å². The second-order valence-electron chi connectivity index (χ2n) is 5.37. The number of nitrogens with one attached hydrogen (secondary N) is 2. The van der Waals surface area contributed by atoms with Crippen LogP contribution in [0.5, 0.6) is 5.75 Å². The van der Waals surface area contributed by atoms with Gasteiger partial charge in [-0.05, 0) is 29.8 Å². The van der Waals surface area contributed by atoms with E-state index in [2.05, 4.69) is 15.6 Å². The first-order valence-electron chi connectivity index (χ1n) is 8.11. The molecule has 0 saturated heterocycles. The molecule has 0 radical (unpaired) electrons. The second kappa shape index (κ2) is 12.5. The summed E-state index contributed by atoms with van der Waals surface area (Å²) < 4.78 is 24.2. The minimum atomic E-state index is -0.258. The number of halogens is 2. The van der Waals surface area contributed by atoms with Gasteiger partial charge in [-0.1, -0.05) is 24.3 Å². The Bertz CT molecular complexity index is 684. The van der Waals surface area contributed by atoms with Gasteiger partial charge in [-0.15, -0.1) is 24.0 Å². The van der Waals surface area contributed by atoms with Crippen molar-refractivity contribution < 1.29 is 13.9 Å². The molecule has 2 aromatic carbocycles. The third kappa shape index (κ3) is 7.57. The van der Waals surface area contributed by atoms with Gasteiger partial charge in [0.25, 0.3) is 0 Å². The van der Waals surface area contributed by atoms with E-state index in [9.17, 15) is 4.39 Å². The molecule has 142 valence electrons. The lowest BCUT2D eigenvalue weighted by Gasteiger charge is -2.13. The fraction of sp³-hybridized carbons (Fsp3) is 0.316. The molecular weight excluding hydrogens is 448 g/mol. The van der Waals surface area contributed by atoms with Crippen molar-refractivity contribution in [1.29, 1.82) is 0 Å². The first-order valence-corrected chi connectivity index (χ1v) is 8.11. The van der Waals surface area contributed by atoms with E-state index in [0.717, 1.165) is 11.3 Å². The Balaban J connectivity index is 0.00000338. The number of hydrogen-bond donors (Lipinski definition) is 2. The van der Waals surface area contributed by atoms with E-state index < -0.39 is 0 Å². The molecule has 7 heteroatoms. The van der Waals surface area contributed by atoms with Crippen LogP contribution in [-0.2, 0) is 17.9 Å². The smallest absolute Gasteiger partial charge is 0.191 e. The van der Waals surface area contributed by atoms with Gasteiger partial charge < -0.3 is 20.1 Å². The molecule has 26 heavy (non-hydrogen) atoms. The van der Waals surface area contributed by atoms with Crippen LogP contribution in [-0.4, -0.2) is 33.3 Å². The highest BCUT2D eigenvalue weighted by Crippen LogP contribution is 2.11. The topological polar surface area (TPSA) is 54.9 Å². The van der Waals surface area contributed by atoms with Gasteiger partial charge in [-0.3, -0.25) is 4.99 Å². The largest absolute Gasteiger partial charge is 0.492 e. The van der Waals surface area contributed by atoms with Gasteiger partial charge >= 0.3 is 0 Å². The second-order valence-corrected chi connectivity index (χ2v) is 5.37. The van der Waals surface area contributed by atoms with Gasteiger partial charge in [0.1, 0.15) is 18.2 Å². The number of para-hydroxylation sites is 1.